The molecule has 0 saturated heterocycles. The average Bonchev–Trinajstić information content (AvgIpc) is 2.34. The van der Waals surface area contributed by atoms with Gasteiger partial charge >= 0.3 is 0 Å². The quantitative estimate of drug-likeness (QED) is 0.395. The monoisotopic (exact) mass is 251 g/mol. The standard InChI is InChI=1S/C11H13N3O4/c12-11(16)6-13-9(7-15)5-8-1-3-10(4-2-8)14(17)18/h1-4,7,9,13H,5-6H2,(H2,12,16). The molecule has 1 aromatic carbocycles. The molecule has 0 aliphatic heterocycles. The van der Waals surface area contributed by atoms with Gasteiger partial charge in [0.05, 0.1) is 17.5 Å². The zero-order valence-corrected chi connectivity index (χ0v) is 9.54. The lowest BCUT2D eigenvalue weighted by atomic mass is 10.1. The van der Waals surface area contributed by atoms with E-state index >= 15 is 0 Å². The van der Waals surface area contributed by atoms with E-state index in [9.17, 15) is 19.7 Å². The van der Waals surface area contributed by atoms with Gasteiger partial charge in [0.15, 0.2) is 0 Å². The SMILES string of the molecule is NC(=O)CNC(C=O)Cc1ccc([N+](=O)[O-])cc1. The van der Waals surface area contributed by atoms with Crippen LogP contribution in [0.3, 0.4) is 0 Å². The number of benzene rings is 1. The van der Waals surface area contributed by atoms with Crippen LogP contribution in [-0.4, -0.2) is 29.7 Å². The fourth-order valence-electron chi connectivity index (χ4n) is 1.41. The molecule has 0 spiro atoms. The number of amides is 1. The van der Waals surface area contributed by atoms with Gasteiger partial charge in [0, 0.05) is 12.1 Å². The van der Waals surface area contributed by atoms with E-state index in [1.54, 1.807) is 12.1 Å². The highest BCUT2D eigenvalue weighted by Crippen LogP contribution is 2.12. The van der Waals surface area contributed by atoms with E-state index < -0.39 is 16.9 Å². The van der Waals surface area contributed by atoms with Crippen molar-refractivity contribution in [2.45, 2.75) is 12.5 Å². The van der Waals surface area contributed by atoms with E-state index in [2.05, 4.69) is 5.32 Å². The Bertz CT molecular complexity index is 444. The number of carbonyl (C=O) groups excluding carboxylic acids is 2. The van der Waals surface area contributed by atoms with Crippen molar-refractivity contribution in [1.29, 1.82) is 0 Å². The van der Waals surface area contributed by atoms with Crippen LogP contribution < -0.4 is 11.1 Å². The second-order valence-electron chi connectivity index (χ2n) is 3.72. The maximum atomic E-state index is 10.8. The first kappa shape index (κ1) is 13.8. The number of hydrogen-bond donors (Lipinski definition) is 2. The van der Waals surface area contributed by atoms with Crippen LogP contribution in [-0.2, 0) is 16.0 Å². The molecular formula is C11H13N3O4. The minimum atomic E-state index is -0.550. The highest BCUT2D eigenvalue weighted by atomic mass is 16.6. The molecule has 0 fully saturated rings. The Balaban J connectivity index is 2.61. The van der Waals surface area contributed by atoms with Gasteiger partial charge < -0.3 is 10.5 Å². The van der Waals surface area contributed by atoms with Crippen LogP contribution in [0.1, 0.15) is 5.56 Å². The third-order valence-corrected chi connectivity index (χ3v) is 2.31. The zero-order valence-electron chi connectivity index (χ0n) is 9.54. The molecule has 1 unspecified atom stereocenters. The van der Waals surface area contributed by atoms with Crippen LogP contribution in [0.15, 0.2) is 24.3 Å². The minimum absolute atomic E-state index is 0.00787. The van der Waals surface area contributed by atoms with Crippen LogP contribution in [0, 0.1) is 10.1 Å². The first-order chi connectivity index (χ1) is 8.52. The number of carbonyl (C=O) groups is 2. The molecule has 0 saturated carbocycles. The van der Waals surface area contributed by atoms with Gasteiger partial charge in [-0.2, -0.15) is 0 Å². The number of nitro benzene ring substituents is 1. The largest absolute Gasteiger partial charge is 0.369 e. The zero-order chi connectivity index (χ0) is 13.5. The van der Waals surface area contributed by atoms with Crippen molar-refractivity contribution in [2.24, 2.45) is 5.73 Å². The van der Waals surface area contributed by atoms with Gasteiger partial charge in [0.1, 0.15) is 6.29 Å². The van der Waals surface area contributed by atoms with Gasteiger partial charge in [-0.05, 0) is 12.0 Å². The molecule has 0 aliphatic rings. The van der Waals surface area contributed by atoms with Gasteiger partial charge in [-0.3, -0.25) is 20.2 Å². The number of nitrogens with two attached hydrogens (primary N) is 1. The summed E-state index contributed by atoms with van der Waals surface area (Å²) in [5.41, 5.74) is 5.70. The molecule has 1 atom stereocenters. The van der Waals surface area contributed by atoms with Crippen molar-refractivity contribution in [2.75, 3.05) is 6.54 Å². The Morgan fingerprint density at radius 2 is 2.06 bits per heavy atom. The number of non-ortho nitro benzene ring substituents is 1. The molecule has 0 heterocycles. The molecule has 0 radical (unpaired) electrons. The van der Waals surface area contributed by atoms with Crippen molar-refractivity contribution in [1.82, 2.24) is 5.32 Å². The van der Waals surface area contributed by atoms with E-state index in [-0.39, 0.29) is 12.2 Å². The Hall–Kier alpha value is -2.28. The summed E-state index contributed by atoms with van der Waals surface area (Å²) in [7, 11) is 0. The van der Waals surface area contributed by atoms with Crippen LogP contribution in [0.25, 0.3) is 0 Å². The second-order valence-corrected chi connectivity index (χ2v) is 3.72. The van der Waals surface area contributed by atoms with Gasteiger partial charge in [0.2, 0.25) is 5.91 Å². The summed E-state index contributed by atoms with van der Waals surface area (Å²) in [6, 6.07) is 5.33. The van der Waals surface area contributed by atoms with Gasteiger partial charge in [0.25, 0.3) is 5.69 Å². The molecule has 18 heavy (non-hydrogen) atoms. The van der Waals surface area contributed by atoms with Gasteiger partial charge in [-0.15, -0.1) is 0 Å². The maximum absolute atomic E-state index is 10.8. The number of primary amides is 1. The normalized spacial score (nSPS) is 11.8. The molecule has 96 valence electrons. The Morgan fingerprint density at radius 1 is 1.44 bits per heavy atom. The van der Waals surface area contributed by atoms with E-state index in [0.717, 1.165) is 5.56 Å². The predicted molar refractivity (Wildman–Crippen MR) is 63.8 cm³/mol. The van der Waals surface area contributed by atoms with E-state index in [1.165, 1.54) is 12.1 Å². The van der Waals surface area contributed by atoms with E-state index in [0.29, 0.717) is 12.7 Å². The van der Waals surface area contributed by atoms with Crippen LogP contribution >= 0.6 is 0 Å². The van der Waals surface area contributed by atoms with Crippen molar-refractivity contribution in [3.05, 3.63) is 39.9 Å². The fourth-order valence-corrected chi connectivity index (χ4v) is 1.41. The van der Waals surface area contributed by atoms with Gasteiger partial charge in [-0.25, -0.2) is 0 Å². The lowest BCUT2D eigenvalue weighted by Crippen LogP contribution is -2.38. The number of rotatable bonds is 7. The van der Waals surface area contributed by atoms with E-state index in [1.807, 2.05) is 0 Å². The fraction of sp³-hybridized carbons (Fsp3) is 0.273. The molecule has 1 amide bonds. The lowest BCUT2D eigenvalue weighted by Gasteiger charge is -2.10. The topological polar surface area (TPSA) is 115 Å². The van der Waals surface area contributed by atoms with Gasteiger partial charge in [-0.1, -0.05) is 12.1 Å². The predicted octanol–water partition coefficient (Wildman–Crippen LogP) is -0.220. The summed E-state index contributed by atoms with van der Waals surface area (Å²) in [6.07, 6.45) is 1.01. The van der Waals surface area contributed by atoms with E-state index in [4.69, 9.17) is 5.73 Å². The van der Waals surface area contributed by atoms with Crippen molar-refractivity contribution in [3.63, 3.8) is 0 Å². The lowest BCUT2D eigenvalue weighted by molar-refractivity contribution is -0.384. The molecule has 0 aromatic heterocycles. The number of nitro groups is 1. The third kappa shape index (κ3) is 4.30. The summed E-state index contributed by atoms with van der Waals surface area (Å²) >= 11 is 0. The number of nitrogens with one attached hydrogen (secondary N) is 1. The summed E-state index contributed by atoms with van der Waals surface area (Å²) in [4.78, 5) is 31.3. The number of aldehydes is 1. The number of hydrogen-bond acceptors (Lipinski definition) is 5. The third-order valence-electron chi connectivity index (χ3n) is 2.31. The highest BCUT2D eigenvalue weighted by Gasteiger charge is 2.10. The minimum Gasteiger partial charge on any atom is -0.369 e. The summed E-state index contributed by atoms with van der Waals surface area (Å²) < 4.78 is 0. The smallest absolute Gasteiger partial charge is 0.269 e. The summed E-state index contributed by atoms with van der Waals surface area (Å²) in [6.45, 7) is -0.0869. The Kier molecular flexibility index (Phi) is 4.94. The van der Waals surface area contributed by atoms with Crippen LogP contribution in [0.4, 0.5) is 5.69 Å². The number of nitrogens with zero attached hydrogens (tertiary/aromatic N) is 1. The van der Waals surface area contributed by atoms with Crippen molar-refractivity contribution in [3.8, 4) is 0 Å². The summed E-state index contributed by atoms with van der Waals surface area (Å²) in [5, 5.41) is 13.1. The Morgan fingerprint density at radius 3 is 2.50 bits per heavy atom. The molecule has 1 aromatic rings. The molecule has 7 heteroatoms. The van der Waals surface area contributed by atoms with Crippen LogP contribution in [0.5, 0.6) is 0 Å². The molecule has 0 aliphatic carbocycles. The molecule has 3 N–H and O–H groups in total. The summed E-state index contributed by atoms with van der Waals surface area (Å²) in [5.74, 6) is -0.550. The highest BCUT2D eigenvalue weighted by molar-refractivity contribution is 5.76. The molecule has 0 bridgehead atoms. The van der Waals surface area contributed by atoms with Crippen molar-refractivity contribution >= 4 is 17.9 Å². The average molecular weight is 251 g/mol. The first-order valence-electron chi connectivity index (χ1n) is 5.23. The molecule has 1 rings (SSSR count). The Labute approximate surface area is 103 Å². The first-order valence-corrected chi connectivity index (χ1v) is 5.23. The molecule has 7 nitrogen and oxygen atoms in total. The maximum Gasteiger partial charge on any atom is 0.269 e. The second kappa shape index (κ2) is 6.45. The molecular weight excluding hydrogens is 238 g/mol. The van der Waals surface area contributed by atoms with Crippen LogP contribution in [0.2, 0.25) is 0 Å². The van der Waals surface area contributed by atoms with Crippen molar-refractivity contribution < 1.29 is 14.5 Å².